The van der Waals surface area contributed by atoms with Crippen molar-refractivity contribution in [2.75, 3.05) is 5.01 Å². The Hall–Kier alpha value is -4.05. The number of aromatic nitrogens is 4. The zero-order chi connectivity index (χ0) is 23.5. The first kappa shape index (κ1) is 22.2. The van der Waals surface area contributed by atoms with Crippen molar-refractivity contribution >= 4 is 22.5 Å². The van der Waals surface area contributed by atoms with E-state index in [9.17, 15) is 18.4 Å². The van der Waals surface area contributed by atoms with Gasteiger partial charge in [-0.1, -0.05) is 30.3 Å². The van der Waals surface area contributed by atoms with Crippen molar-refractivity contribution in [3.8, 4) is 11.4 Å². The van der Waals surface area contributed by atoms with Gasteiger partial charge in [0.2, 0.25) is 6.43 Å². The van der Waals surface area contributed by atoms with Crippen molar-refractivity contribution in [3.05, 3.63) is 82.7 Å². The molecule has 168 valence electrons. The van der Waals surface area contributed by atoms with Crippen LogP contribution in [0.5, 0.6) is 0 Å². The van der Waals surface area contributed by atoms with Gasteiger partial charge in [0, 0.05) is 31.4 Å². The summed E-state index contributed by atoms with van der Waals surface area (Å²) in [4.78, 5) is 38.5. The van der Waals surface area contributed by atoms with Gasteiger partial charge in [0.15, 0.2) is 0 Å². The Kier molecular flexibility index (Phi) is 6.18. The minimum absolute atomic E-state index is 0.0263. The van der Waals surface area contributed by atoms with Gasteiger partial charge in [-0.3, -0.25) is 19.1 Å². The summed E-state index contributed by atoms with van der Waals surface area (Å²) in [5.74, 6) is 5.76. The molecule has 2 aromatic heterocycles. The molecule has 33 heavy (non-hydrogen) atoms. The van der Waals surface area contributed by atoms with Crippen LogP contribution in [0.25, 0.3) is 22.3 Å². The molecule has 0 fully saturated rings. The number of nitrogens with zero attached hydrogens (tertiary/aromatic N) is 5. The van der Waals surface area contributed by atoms with E-state index in [2.05, 4.69) is 15.0 Å². The zero-order valence-corrected chi connectivity index (χ0v) is 17.7. The van der Waals surface area contributed by atoms with Gasteiger partial charge in [0.05, 0.1) is 17.3 Å². The van der Waals surface area contributed by atoms with Gasteiger partial charge in [-0.05, 0) is 24.1 Å². The number of carbonyl (C=O) groups excluding carboxylic acids is 1. The number of benzene rings is 2. The molecule has 0 aliphatic rings. The Morgan fingerprint density at radius 3 is 2.67 bits per heavy atom. The minimum atomic E-state index is -2.45. The minimum Gasteiger partial charge on any atom is -0.295 e. The van der Waals surface area contributed by atoms with E-state index in [0.29, 0.717) is 11.1 Å². The van der Waals surface area contributed by atoms with E-state index >= 15 is 0 Å². The summed E-state index contributed by atoms with van der Waals surface area (Å²) in [6.07, 6.45) is 1.44. The van der Waals surface area contributed by atoms with Gasteiger partial charge in [-0.2, -0.15) is 0 Å². The molecule has 10 heteroatoms. The van der Waals surface area contributed by atoms with Crippen LogP contribution in [0.4, 0.5) is 14.5 Å². The van der Waals surface area contributed by atoms with Crippen LogP contribution in [-0.4, -0.2) is 31.9 Å². The molecule has 2 N–H and O–H groups in total. The Morgan fingerprint density at radius 1 is 1.15 bits per heavy atom. The van der Waals surface area contributed by atoms with Gasteiger partial charge in [-0.25, -0.2) is 29.6 Å². The van der Waals surface area contributed by atoms with Crippen LogP contribution < -0.4 is 16.4 Å². The predicted molar refractivity (Wildman–Crippen MR) is 120 cm³/mol. The standard InChI is InChI=1S/C23H20F2N6O2/c1-30-21(15-6-3-2-5-14(15)9-10-19(24)25)29-20-16(22(30)32)7-4-8-18(20)31(26)23(33)17-13-27-11-12-28-17/h2-8,11-13,19H,9-10,26H2,1H3. The third-order valence-electron chi connectivity index (χ3n) is 5.24. The maximum absolute atomic E-state index is 13.2. The molecule has 2 aromatic carbocycles. The number of anilines is 1. The van der Waals surface area contributed by atoms with E-state index in [4.69, 9.17) is 5.84 Å². The molecule has 0 bridgehead atoms. The molecule has 4 rings (SSSR count). The van der Waals surface area contributed by atoms with Crippen molar-refractivity contribution in [2.45, 2.75) is 19.3 Å². The van der Waals surface area contributed by atoms with Crippen LogP contribution in [0.3, 0.4) is 0 Å². The van der Waals surface area contributed by atoms with Crippen molar-refractivity contribution in [1.29, 1.82) is 0 Å². The molecule has 0 radical (unpaired) electrons. The Balaban J connectivity index is 1.88. The number of carbonyl (C=O) groups is 1. The molecule has 0 saturated carbocycles. The van der Waals surface area contributed by atoms with Gasteiger partial charge < -0.3 is 0 Å². The third-order valence-corrected chi connectivity index (χ3v) is 5.24. The van der Waals surface area contributed by atoms with Crippen LogP contribution in [-0.2, 0) is 13.5 Å². The van der Waals surface area contributed by atoms with E-state index in [1.807, 2.05) is 0 Å². The maximum atomic E-state index is 13.2. The lowest BCUT2D eigenvalue weighted by atomic mass is 10.0. The number of fused-ring (bicyclic) bond motifs is 1. The number of alkyl halides is 2. The number of aryl methyl sites for hydroxylation is 1. The van der Waals surface area contributed by atoms with Crippen LogP contribution >= 0.6 is 0 Å². The lowest BCUT2D eigenvalue weighted by molar-refractivity contribution is 0.0982. The molecular weight excluding hydrogens is 430 g/mol. The quantitative estimate of drug-likeness (QED) is 0.275. The molecule has 1 amide bonds. The van der Waals surface area contributed by atoms with Crippen LogP contribution in [0, 0.1) is 0 Å². The summed E-state index contributed by atoms with van der Waals surface area (Å²) >= 11 is 0. The molecule has 0 spiro atoms. The average molecular weight is 450 g/mol. The van der Waals surface area contributed by atoms with Crippen LogP contribution in [0.15, 0.2) is 65.8 Å². The first-order valence-corrected chi connectivity index (χ1v) is 10.1. The van der Waals surface area contributed by atoms with Crippen molar-refractivity contribution < 1.29 is 13.6 Å². The molecule has 0 unspecified atom stereocenters. The normalized spacial score (nSPS) is 11.2. The Labute approximate surface area is 187 Å². The topological polar surface area (TPSA) is 107 Å². The van der Waals surface area contributed by atoms with E-state index < -0.39 is 12.3 Å². The second kappa shape index (κ2) is 9.21. The summed E-state index contributed by atoms with van der Waals surface area (Å²) in [6, 6.07) is 11.7. The lowest BCUT2D eigenvalue weighted by Gasteiger charge is -2.19. The third kappa shape index (κ3) is 4.33. The van der Waals surface area contributed by atoms with Crippen molar-refractivity contribution in [2.24, 2.45) is 12.9 Å². The molecule has 2 heterocycles. The average Bonchev–Trinajstić information content (AvgIpc) is 2.84. The molecule has 0 atom stereocenters. The monoisotopic (exact) mass is 450 g/mol. The molecular formula is C23H20F2N6O2. The SMILES string of the molecule is Cn1c(-c2ccccc2CCC(F)F)nc2c(N(N)C(=O)c3cnccn3)cccc2c1=O. The van der Waals surface area contributed by atoms with Crippen LogP contribution in [0.1, 0.15) is 22.5 Å². The van der Waals surface area contributed by atoms with Crippen LogP contribution in [0.2, 0.25) is 0 Å². The number of para-hydroxylation sites is 1. The first-order valence-electron chi connectivity index (χ1n) is 10.1. The predicted octanol–water partition coefficient (Wildman–Crippen LogP) is 3.11. The summed E-state index contributed by atoms with van der Waals surface area (Å²) < 4.78 is 27.0. The fourth-order valence-corrected chi connectivity index (χ4v) is 3.58. The van der Waals surface area contributed by atoms with Crippen molar-refractivity contribution in [1.82, 2.24) is 19.5 Å². The highest BCUT2D eigenvalue weighted by atomic mass is 19.3. The highest BCUT2D eigenvalue weighted by Crippen LogP contribution is 2.28. The number of rotatable bonds is 6. The number of nitrogens with two attached hydrogens (primary N) is 1. The number of hydrogen-bond donors (Lipinski definition) is 1. The van der Waals surface area contributed by atoms with Gasteiger partial charge in [-0.15, -0.1) is 0 Å². The maximum Gasteiger partial charge on any atom is 0.292 e. The number of hydrazine groups is 1. The molecule has 0 saturated heterocycles. The molecule has 8 nitrogen and oxygen atoms in total. The largest absolute Gasteiger partial charge is 0.295 e. The summed E-state index contributed by atoms with van der Waals surface area (Å²) in [5, 5.41) is 1.12. The molecule has 0 aliphatic heterocycles. The van der Waals surface area contributed by atoms with E-state index in [0.717, 1.165) is 5.01 Å². The van der Waals surface area contributed by atoms with E-state index in [1.165, 1.54) is 23.2 Å². The Bertz CT molecular complexity index is 1370. The van der Waals surface area contributed by atoms with E-state index in [-0.39, 0.29) is 46.5 Å². The fourth-order valence-electron chi connectivity index (χ4n) is 3.58. The number of halogens is 2. The zero-order valence-electron chi connectivity index (χ0n) is 17.7. The summed E-state index contributed by atoms with van der Waals surface area (Å²) in [5.41, 5.74) is 1.26. The summed E-state index contributed by atoms with van der Waals surface area (Å²) in [7, 11) is 1.56. The van der Waals surface area contributed by atoms with E-state index in [1.54, 1.807) is 49.5 Å². The second-order valence-electron chi connectivity index (χ2n) is 7.33. The fraction of sp³-hybridized carbons (Fsp3) is 0.174. The highest BCUT2D eigenvalue weighted by Gasteiger charge is 2.21. The summed E-state index contributed by atoms with van der Waals surface area (Å²) in [6.45, 7) is 0. The lowest BCUT2D eigenvalue weighted by Crippen LogP contribution is -2.38. The smallest absolute Gasteiger partial charge is 0.292 e. The van der Waals surface area contributed by atoms with Crippen molar-refractivity contribution in [3.63, 3.8) is 0 Å². The van der Waals surface area contributed by atoms with Gasteiger partial charge in [0.1, 0.15) is 17.0 Å². The van der Waals surface area contributed by atoms with Gasteiger partial charge >= 0.3 is 0 Å². The molecule has 0 aliphatic carbocycles. The highest BCUT2D eigenvalue weighted by molar-refractivity contribution is 6.08. The Morgan fingerprint density at radius 2 is 1.94 bits per heavy atom. The van der Waals surface area contributed by atoms with Gasteiger partial charge in [0.25, 0.3) is 11.5 Å². The first-order chi connectivity index (χ1) is 15.9. The number of amides is 1. The number of hydrogen-bond acceptors (Lipinski definition) is 6. The molecule has 4 aromatic rings. The second-order valence-corrected chi connectivity index (χ2v) is 7.33.